The Morgan fingerprint density at radius 2 is 1.86 bits per heavy atom. The third kappa shape index (κ3) is 0.787. The van der Waals surface area contributed by atoms with Crippen molar-refractivity contribution in [3.63, 3.8) is 0 Å². The van der Waals surface area contributed by atoms with Crippen LogP contribution in [0.15, 0.2) is 0 Å². The zero-order valence-electron chi connectivity index (χ0n) is 9.26. The molecule has 14 heavy (non-hydrogen) atoms. The second kappa shape index (κ2) is 2.38. The van der Waals surface area contributed by atoms with Crippen LogP contribution < -0.4 is 0 Å². The lowest BCUT2D eigenvalue weighted by molar-refractivity contribution is -0.165. The van der Waals surface area contributed by atoms with Gasteiger partial charge in [-0.15, -0.1) is 0 Å². The molecule has 78 valence electrons. The predicted molar refractivity (Wildman–Crippen MR) is 52.4 cm³/mol. The Bertz CT molecular complexity index is 321. The minimum Gasteiger partial charge on any atom is -0.285 e. The molecule has 0 N–H and O–H groups in total. The zero-order valence-corrected chi connectivity index (χ0v) is 9.26. The minimum atomic E-state index is -0.333. The number of hydrogen-bond acceptors (Lipinski definition) is 2. The largest absolute Gasteiger partial charge is 0.285 e. The number of imide groups is 1. The fraction of sp³-hybridized carbons (Fsp3) is 0.818. The normalized spacial score (nSPS) is 40.6. The van der Waals surface area contributed by atoms with E-state index in [1.807, 2.05) is 20.8 Å². The summed E-state index contributed by atoms with van der Waals surface area (Å²) in [7, 11) is 1.61. The number of likely N-dealkylation sites (tertiary alicyclic amines) is 1. The first kappa shape index (κ1) is 9.69. The van der Waals surface area contributed by atoms with E-state index in [1.54, 1.807) is 7.05 Å². The van der Waals surface area contributed by atoms with Crippen LogP contribution in [0.3, 0.4) is 0 Å². The molecular formula is C11H17NO2. The van der Waals surface area contributed by atoms with Crippen molar-refractivity contribution in [2.45, 2.75) is 33.6 Å². The summed E-state index contributed by atoms with van der Waals surface area (Å²) >= 11 is 0. The van der Waals surface area contributed by atoms with Crippen molar-refractivity contribution in [3.8, 4) is 0 Å². The maximum Gasteiger partial charge on any atom is 0.235 e. The lowest BCUT2D eigenvalue weighted by atomic mass is 9.62. The summed E-state index contributed by atoms with van der Waals surface area (Å²) in [4.78, 5) is 25.2. The second-order valence-corrected chi connectivity index (χ2v) is 5.35. The smallest absolute Gasteiger partial charge is 0.235 e. The van der Waals surface area contributed by atoms with Gasteiger partial charge in [-0.1, -0.05) is 20.8 Å². The quantitative estimate of drug-likeness (QED) is 0.548. The first-order valence-corrected chi connectivity index (χ1v) is 5.14. The number of piperidine rings is 1. The van der Waals surface area contributed by atoms with Gasteiger partial charge >= 0.3 is 0 Å². The molecule has 1 saturated heterocycles. The summed E-state index contributed by atoms with van der Waals surface area (Å²) in [5, 5.41) is 0. The van der Waals surface area contributed by atoms with Crippen molar-refractivity contribution in [1.29, 1.82) is 0 Å². The van der Waals surface area contributed by atoms with E-state index in [4.69, 9.17) is 0 Å². The Morgan fingerprint density at radius 1 is 1.29 bits per heavy atom. The average molecular weight is 195 g/mol. The van der Waals surface area contributed by atoms with Crippen LogP contribution >= 0.6 is 0 Å². The van der Waals surface area contributed by atoms with Gasteiger partial charge in [0.1, 0.15) is 0 Å². The van der Waals surface area contributed by atoms with Crippen LogP contribution in [0.5, 0.6) is 0 Å². The molecule has 0 spiro atoms. The van der Waals surface area contributed by atoms with Crippen LogP contribution in [0.25, 0.3) is 0 Å². The summed E-state index contributed by atoms with van der Waals surface area (Å²) in [5.41, 5.74) is -0.506. The van der Waals surface area contributed by atoms with E-state index < -0.39 is 0 Å². The molecule has 0 aromatic carbocycles. The van der Waals surface area contributed by atoms with E-state index in [9.17, 15) is 9.59 Å². The Balaban J connectivity index is 2.55. The number of fused-ring (bicyclic) bond motifs is 2. The Hall–Kier alpha value is -0.860. The van der Waals surface area contributed by atoms with Gasteiger partial charge in [0, 0.05) is 13.0 Å². The van der Waals surface area contributed by atoms with E-state index in [2.05, 4.69) is 0 Å². The van der Waals surface area contributed by atoms with Gasteiger partial charge in [0.15, 0.2) is 0 Å². The summed E-state index contributed by atoms with van der Waals surface area (Å²) in [6.45, 7) is 6.10. The number of carbonyl (C=O) groups is 2. The average Bonchev–Trinajstić information content (AvgIpc) is 2.30. The molecule has 0 aromatic heterocycles. The van der Waals surface area contributed by atoms with Gasteiger partial charge in [-0.25, -0.2) is 0 Å². The molecule has 2 aliphatic rings. The Morgan fingerprint density at radius 3 is 2.43 bits per heavy atom. The third-order valence-corrected chi connectivity index (χ3v) is 4.63. The van der Waals surface area contributed by atoms with Gasteiger partial charge in [0.25, 0.3) is 0 Å². The maximum atomic E-state index is 12.0. The molecule has 1 saturated carbocycles. The van der Waals surface area contributed by atoms with E-state index in [1.165, 1.54) is 4.90 Å². The first-order valence-electron chi connectivity index (χ1n) is 5.14. The number of rotatable bonds is 0. The van der Waals surface area contributed by atoms with Crippen LogP contribution in [-0.4, -0.2) is 23.8 Å². The van der Waals surface area contributed by atoms with Gasteiger partial charge in [-0.3, -0.25) is 14.5 Å². The molecule has 3 nitrogen and oxygen atoms in total. The molecular weight excluding hydrogens is 178 g/mol. The molecule has 1 aliphatic heterocycles. The lowest BCUT2D eigenvalue weighted by Crippen LogP contribution is -2.57. The van der Waals surface area contributed by atoms with Crippen LogP contribution in [0.1, 0.15) is 33.6 Å². The highest BCUT2D eigenvalue weighted by atomic mass is 16.2. The van der Waals surface area contributed by atoms with Gasteiger partial charge in [0.2, 0.25) is 11.8 Å². The van der Waals surface area contributed by atoms with Crippen LogP contribution in [0.4, 0.5) is 0 Å². The van der Waals surface area contributed by atoms with Crippen molar-refractivity contribution in [1.82, 2.24) is 4.90 Å². The highest BCUT2D eigenvalue weighted by Gasteiger charge is 2.63. The van der Waals surface area contributed by atoms with Crippen molar-refractivity contribution < 1.29 is 9.59 Å². The molecule has 2 fully saturated rings. The molecule has 0 aromatic rings. The molecule has 0 unspecified atom stereocenters. The molecule has 2 atom stereocenters. The monoisotopic (exact) mass is 195 g/mol. The Labute approximate surface area is 84.5 Å². The van der Waals surface area contributed by atoms with E-state index in [0.717, 1.165) is 12.8 Å². The van der Waals surface area contributed by atoms with Crippen molar-refractivity contribution in [2.24, 2.45) is 16.7 Å². The number of hydrogen-bond donors (Lipinski definition) is 0. The molecule has 1 aliphatic carbocycles. The van der Waals surface area contributed by atoms with E-state index >= 15 is 0 Å². The number of nitrogens with zero attached hydrogens (tertiary/aromatic N) is 1. The fourth-order valence-corrected chi connectivity index (χ4v) is 3.02. The Kier molecular flexibility index (Phi) is 1.65. The van der Waals surface area contributed by atoms with Gasteiger partial charge in [0.05, 0.1) is 5.41 Å². The summed E-state index contributed by atoms with van der Waals surface area (Å²) in [6.07, 6.45) is 1.71. The van der Waals surface area contributed by atoms with Crippen molar-refractivity contribution in [2.75, 3.05) is 7.05 Å². The van der Waals surface area contributed by atoms with E-state index in [0.29, 0.717) is 0 Å². The number of carbonyl (C=O) groups excluding carboxylic acids is 2. The van der Waals surface area contributed by atoms with E-state index in [-0.39, 0.29) is 28.6 Å². The fourth-order valence-electron chi connectivity index (χ4n) is 3.02. The summed E-state index contributed by atoms with van der Waals surface area (Å²) < 4.78 is 0. The highest BCUT2D eigenvalue weighted by molar-refractivity contribution is 6.03. The zero-order chi connectivity index (χ0) is 10.7. The third-order valence-electron chi connectivity index (χ3n) is 4.63. The maximum absolute atomic E-state index is 12.0. The van der Waals surface area contributed by atoms with Crippen molar-refractivity contribution in [3.05, 3.63) is 0 Å². The predicted octanol–water partition coefficient (Wildman–Crippen LogP) is 1.43. The molecule has 2 amide bonds. The van der Waals surface area contributed by atoms with Crippen LogP contribution in [0, 0.1) is 16.7 Å². The topological polar surface area (TPSA) is 37.4 Å². The van der Waals surface area contributed by atoms with Gasteiger partial charge < -0.3 is 0 Å². The van der Waals surface area contributed by atoms with Crippen LogP contribution in [-0.2, 0) is 9.59 Å². The van der Waals surface area contributed by atoms with Gasteiger partial charge in [-0.05, 0) is 18.3 Å². The minimum absolute atomic E-state index is 0.00116. The molecule has 2 bridgehead atoms. The molecule has 1 heterocycles. The summed E-state index contributed by atoms with van der Waals surface area (Å²) in [5.74, 6) is 0.0476. The molecule has 0 radical (unpaired) electrons. The SMILES string of the molecule is CN1C(=O)[C@@H]2CC[C@](C)(C1=O)C2(C)C. The molecule has 3 heteroatoms. The molecule has 2 rings (SSSR count). The first-order chi connectivity index (χ1) is 6.32. The van der Waals surface area contributed by atoms with Gasteiger partial charge in [-0.2, -0.15) is 0 Å². The van der Waals surface area contributed by atoms with Crippen molar-refractivity contribution >= 4 is 11.8 Å². The summed E-state index contributed by atoms with van der Waals surface area (Å²) in [6, 6.07) is 0. The lowest BCUT2D eigenvalue weighted by Gasteiger charge is -2.46. The number of amides is 2. The standard InChI is InChI=1S/C11H17NO2/c1-10(2)7-5-6-11(10,3)9(14)12(4)8(7)13/h7H,5-6H2,1-4H3/t7-,11+/m0/s1. The second-order valence-electron chi connectivity index (χ2n) is 5.35. The van der Waals surface area contributed by atoms with Crippen LogP contribution in [0.2, 0.25) is 0 Å². The highest BCUT2D eigenvalue weighted by Crippen LogP contribution is 2.59.